The van der Waals surface area contributed by atoms with E-state index in [9.17, 15) is 0 Å². The fourth-order valence-electron chi connectivity index (χ4n) is 2.56. The van der Waals surface area contributed by atoms with E-state index in [4.69, 9.17) is 10.5 Å². The number of benzene rings is 1. The minimum Gasteiger partial charge on any atom is -0.497 e. The van der Waals surface area contributed by atoms with Crippen molar-refractivity contribution in [3.8, 4) is 5.75 Å². The number of hydrogen-bond acceptors (Lipinski definition) is 3. The molecule has 88 valence electrons. The molecule has 2 atom stereocenters. The van der Waals surface area contributed by atoms with Crippen LogP contribution in [0.5, 0.6) is 5.75 Å². The second kappa shape index (κ2) is 4.24. The Balaban J connectivity index is 2.33. The lowest BCUT2D eigenvalue weighted by Gasteiger charge is -2.30. The first-order valence-corrected chi connectivity index (χ1v) is 5.85. The third kappa shape index (κ3) is 1.82. The molecule has 1 fully saturated rings. The summed E-state index contributed by atoms with van der Waals surface area (Å²) >= 11 is 0. The van der Waals surface area contributed by atoms with Gasteiger partial charge in [-0.3, -0.25) is 0 Å². The Bertz CT molecular complexity index is 368. The van der Waals surface area contributed by atoms with Gasteiger partial charge >= 0.3 is 0 Å². The van der Waals surface area contributed by atoms with E-state index < -0.39 is 0 Å². The third-order valence-corrected chi connectivity index (χ3v) is 3.46. The summed E-state index contributed by atoms with van der Waals surface area (Å²) in [5, 5.41) is 0. The van der Waals surface area contributed by atoms with Crippen LogP contribution in [0.15, 0.2) is 18.2 Å². The van der Waals surface area contributed by atoms with Gasteiger partial charge in [0, 0.05) is 18.2 Å². The molecule has 2 N–H and O–H groups in total. The Kier molecular flexibility index (Phi) is 2.95. The molecular weight excluding hydrogens is 200 g/mol. The van der Waals surface area contributed by atoms with Gasteiger partial charge in [-0.15, -0.1) is 0 Å². The summed E-state index contributed by atoms with van der Waals surface area (Å²) in [4.78, 5) is 2.41. The lowest BCUT2D eigenvalue weighted by atomic mass is 10.2. The maximum Gasteiger partial charge on any atom is 0.121 e. The fraction of sp³-hybridized carbons (Fsp3) is 0.538. The monoisotopic (exact) mass is 220 g/mol. The molecule has 1 heterocycles. The average Bonchev–Trinajstić information content (AvgIpc) is 2.59. The molecule has 0 amide bonds. The van der Waals surface area contributed by atoms with Crippen molar-refractivity contribution in [2.75, 3.05) is 17.7 Å². The molecule has 0 bridgehead atoms. The van der Waals surface area contributed by atoms with Gasteiger partial charge < -0.3 is 15.4 Å². The molecule has 0 unspecified atom stereocenters. The summed E-state index contributed by atoms with van der Waals surface area (Å²) in [7, 11) is 1.66. The summed E-state index contributed by atoms with van der Waals surface area (Å²) < 4.78 is 5.17. The number of nitrogens with two attached hydrogens (primary N) is 1. The number of nitrogen functional groups attached to an aromatic ring is 1. The van der Waals surface area contributed by atoms with Crippen LogP contribution in [0.1, 0.15) is 26.7 Å². The first kappa shape index (κ1) is 11.1. The predicted octanol–water partition coefficient (Wildman–Crippen LogP) is 2.65. The average molecular weight is 220 g/mol. The van der Waals surface area contributed by atoms with Crippen LogP contribution < -0.4 is 15.4 Å². The molecule has 0 aromatic heterocycles. The zero-order valence-corrected chi connectivity index (χ0v) is 10.2. The summed E-state index contributed by atoms with van der Waals surface area (Å²) in [5.74, 6) is 0.820. The quantitative estimate of drug-likeness (QED) is 0.779. The van der Waals surface area contributed by atoms with Crippen molar-refractivity contribution in [2.45, 2.75) is 38.8 Å². The minimum atomic E-state index is 0.575. The molecule has 1 aromatic carbocycles. The van der Waals surface area contributed by atoms with Gasteiger partial charge in [0.25, 0.3) is 0 Å². The molecule has 0 aliphatic carbocycles. The van der Waals surface area contributed by atoms with E-state index in [1.807, 2.05) is 12.1 Å². The highest BCUT2D eigenvalue weighted by Crippen LogP contribution is 2.35. The Morgan fingerprint density at radius 3 is 2.38 bits per heavy atom. The van der Waals surface area contributed by atoms with E-state index in [0.717, 1.165) is 17.1 Å². The Morgan fingerprint density at radius 1 is 1.25 bits per heavy atom. The van der Waals surface area contributed by atoms with Gasteiger partial charge in [0.2, 0.25) is 0 Å². The summed E-state index contributed by atoms with van der Waals surface area (Å²) in [6, 6.07) is 7.08. The number of nitrogens with zero attached hydrogens (tertiary/aromatic N) is 1. The van der Waals surface area contributed by atoms with Crippen molar-refractivity contribution < 1.29 is 4.74 Å². The van der Waals surface area contributed by atoms with Crippen LogP contribution in [0.4, 0.5) is 11.4 Å². The lowest BCUT2D eigenvalue weighted by molar-refractivity contribution is 0.415. The Hall–Kier alpha value is -1.38. The maximum absolute atomic E-state index is 6.08. The number of hydrogen-bond donors (Lipinski definition) is 1. The summed E-state index contributed by atoms with van der Waals surface area (Å²) in [5.41, 5.74) is 8.02. The first-order valence-electron chi connectivity index (χ1n) is 5.85. The summed E-state index contributed by atoms with van der Waals surface area (Å²) in [6.45, 7) is 4.51. The first-order chi connectivity index (χ1) is 7.63. The van der Waals surface area contributed by atoms with Crippen molar-refractivity contribution in [1.29, 1.82) is 0 Å². The summed E-state index contributed by atoms with van der Waals surface area (Å²) in [6.07, 6.45) is 2.49. The minimum absolute atomic E-state index is 0.575. The van der Waals surface area contributed by atoms with Gasteiger partial charge in [0.15, 0.2) is 0 Å². The fourth-order valence-corrected chi connectivity index (χ4v) is 2.56. The molecule has 3 heteroatoms. The number of rotatable bonds is 2. The van der Waals surface area contributed by atoms with E-state index in [1.165, 1.54) is 12.8 Å². The van der Waals surface area contributed by atoms with Gasteiger partial charge in [-0.1, -0.05) is 0 Å². The van der Waals surface area contributed by atoms with Gasteiger partial charge in [-0.2, -0.15) is 0 Å². The molecule has 0 spiro atoms. The van der Waals surface area contributed by atoms with Crippen LogP contribution >= 0.6 is 0 Å². The van der Waals surface area contributed by atoms with Crippen LogP contribution in [0.2, 0.25) is 0 Å². The van der Waals surface area contributed by atoms with Crippen molar-refractivity contribution in [3.05, 3.63) is 18.2 Å². The molecule has 2 rings (SSSR count). The van der Waals surface area contributed by atoms with Crippen LogP contribution in [0, 0.1) is 0 Å². The highest BCUT2D eigenvalue weighted by molar-refractivity contribution is 5.70. The smallest absolute Gasteiger partial charge is 0.121 e. The van der Waals surface area contributed by atoms with E-state index >= 15 is 0 Å². The van der Waals surface area contributed by atoms with Crippen molar-refractivity contribution in [2.24, 2.45) is 0 Å². The van der Waals surface area contributed by atoms with Crippen LogP contribution in [0.3, 0.4) is 0 Å². The standard InChI is InChI=1S/C13H20N2O/c1-9-4-5-10(2)15(9)13-7-6-11(16-3)8-12(13)14/h6-10H,4-5,14H2,1-3H3/t9-,10-/m0/s1. The molecule has 0 radical (unpaired) electrons. The normalized spacial score (nSPS) is 24.8. The number of methoxy groups -OCH3 is 1. The van der Waals surface area contributed by atoms with Crippen LogP contribution in [-0.2, 0) is 0 Å². The third-order valence-electron chi connectivity index (χ3n) is 3.46. The molecule has 1 saturated heterocycles. The highest BCUT2D eigenvalue weighted by Gasteiger charge is 2.28. The van der Waals surface area contributed by atoms with Gasteiger partial charge in [0.1, 0.15) is 5.75 Å². The zero-order valence-electron chi connectivity index (χ0n) is 10.2. The van der Waals surface area contributed by atoms with E-state index in [2.05, 4.69) is 24.8 Å². The molecule has 3 nitrogen and oxygen atoms in total. The van der Waals surface area contributed by atoms with Crippen molar-refractivity contribution in [3.63, 3.8) is 0 Å². The maximum atomic E-state index is 6.08. The van der Waals surface area contributed by atoms with Crippen LogP contribution in [0.25, 0.3) is 0 Å². The SMILES string of the molecule is COc1ccc(N2[C@@H](C)CC[C@@H]2C)c(N)c1. The van der Waals surface area contributed by atoms with Gasteiger partial charge in [-0.25, -0.2) is 0 Å². The molecule has 1 aliphatic rings. The van der Waals surface area contributed by atoms with Crippen molar-refractivity contribution in [1.82, 2.24) is 0 Å². The van der Waals surface area contributed by atoms with E-state index in [1.54, 1.807) is 7.11 Å². The second-order valence-electron chi connectivity index (χ2n) is 4.61. The second-order valence-corrected chi connectivity index (χ2v) is 4.61. The Labute approximate surface area is 97.2 Å². The van der Waals surface area contributed by atoms with E-state index in [-0.39, 0.29) is 0 Å². The molecular formula is C13H20N2O. The number of anilines is 2. The van der Waals surface area contributed by atoms with Gasteiger partial charge in [-0.05, 0) is 38.8 Å². The predicted molar refractivity (Wildman–Crippen MR) is 68.0 cm³/mol. The highest BCUT2D eigenvalue weighted by atomic mass is 16.5. The Morgan fingerprint density at radius 2 is 1.88 bits per heavy atom. The van der Waals surface area contributed by atoms with Crippen LogP contribution in [-0.4, -0.2) is 19.2 Å². The molecule has 1 aliphatic heterocycles. The largest absolute Gasteiger partial charge is 0.497 e. The van der Waals surface area contributed by atoms with E-state index in [0.29, 0.717) is 12.1 Å². The molecule has 16 heavy (non-hydrogen) atoms. The molecule has 1 aromatic rings. The van der Waals surface area contributed by atoms with Gasteiger partial charge in [0.05, 0.1) is 18.5 Å². The van der Waals surface area contributed by atoms with Crippen molar-refractivity contribution >= 4 is 11.4 Å². The zero-order chi connectivity index (χ0) is 11.7. The lowest BCUT2D eigenvalue weighted by Crippen LogP contribution is -2.33. The number of ether oxygens (including phenoxy) is 1. The topological polar surface area (TPSA) is 38.5 Å². The molecule has 0 saturated carbocycles.